The molecule has 1 N–H and O–H groups in total. The van der Waals surface area contributed by atoms with Gasteiger partial charge in [0.1, 0.15) is 0 Å². The van der Waals surface area contributed by atoms with Crippen LogP contribution in [0.4, 0.5) is 0 Å². The van der Waals surface area contributed by atoms with Crippen molar-refractivity contribution in [2.45, 2.75) is 0 Å². The van der Waals surface area contributed by atoms with Gasteiger partial charge in [0.25, 0.3) is 5.56 Å². The van der Waals surface area contributed by atoms with Crippen molar-refractivity contribution in [3.63, 3.8) is 0 Å². The molecule has 0 amide bonds. The predicted molar refractivity (Wildman–Crippen MR) is 53.2 cm³/mol. The number of benzene rings is 1. The van der Waals surface area contributed by atoms with Crippen LogP contribution in [-0.2, 0) is 0 Å². The van der Waals surface area contributed by atoms with Gasteiger partial charge in [-0.1, -0.05) is 23.7 Å². The molecule has 66 valence electrons. The molecule has 2 aromatic rings. The van der Waals surface area contributed by atoms with Crippen LogP contribution in [0.15, 0.2) is 29.1 Å². The van der Waals surface area contributed by atoms with Crippen molar-refractivity contribution in [3.05, 3.63) is 39.6 Å². The Hall–Kier alpha value is -1.13. The molecular formula is C8H5ClN2OS. The van der Waals surface area contributed by atoms with Gasteiger partial charge in [0.05, 0.1) is 0 Å². The molecule has 1 aromatic heterocycles. The Labute approximate surface area is 83.3 Å². The summed E-state index contributed by atoms with van der Waals surface area (Å²) in [6.45, 7) is 0. The average Bonchev–Trinajstić information content (AvgIpc) is 2.51. The Morgan fingerprint density at radius 2 is 2.31 bits per heavy atom. The molecule has 0 saturated carbocycles. The van der Waals surface area contributed by atoms with Gasteiger partial charge >= 0.3 is 0 Å². The van der Waals surface area contributed by atoms with Crippen LogP contribution < -0.4 is 5.56 Å². The first-order chi connectivity index (χ1) is 6.27. The maximum Gasteiger partial charge on any atom is 0.285 e. The van der Waals surface area contributed by atoms with E-state index in [1.54, 1.807) is 24.3 Å². The fourth-order valence-corrected chi connectivity index (χ4v) is 1.71. The van der Waals surface area contributed by atoms with Crippen molar-refractivity contribution in [2.75, 3.05) is 0 Å². The van der Waals surface area contributed by atoms with Gasteiger partial charge in [-0.05, 0) is 12.1 Å². The Morgan fingerprint density at radius 1 is 1.46 bits per heavy atom. The van der Waals surface area contributed by atoms with Gasteiger partial charge in [0.2, 0.25) is 0 Å². The lowest BCUT2D eigenvalue weighted by Crippen LogP contribution is -2.00. The number of halogens is 1. The molecule has 0 spiro atoms. The second kappa shape index (κ2) is 3.32. The number of hydrogen-bond acceptors (Lipinski definition) is 3. The molecule has 0 aliphatic heterocycles. The molecule has 0 bridgehead atoms. The lowest BCUT2D eigenvalue weighted by molar-refractivity contribution is 1.39. The topological polar surface area (TPSA) is 45.8 Å². The number of nitrogens with zero attached hydrogens (tertiary/aromatic N) is 1. The van der Waals surface area contributed by atoms with Gasteiger partial charge in [-0.3, -0.25) is 9.17 Å². The van der Waals surface area contributed by atoms with E-state index in [4.69, 9.17) is 11.6 Å². The third-order valence-corrected chi connectivity index (χ3v) is 2.37. The summed E-state index contributed by atoms with van der Waals surface area (Å²) in [5.41, 5.74) is 0.995. The highest BCUT2D eigenvalue weighted by atomic mass is 35.5. The number of nitrogens with one attached hydrogen (secondary N) is 1. The van der Waals surface area contributed by atoms with E-state index < -0.39 is 0 Å². The second-order valence-electron chi connectivity index (χ2n) is 2.47. The molecule has 13 heavy (non-hydrogen) atoms. The Kier molecular flexibility index (Phi) is 2.16. The molecule has 0 atom stereocenters. The number of hydrogen-bond donors (Lipinski definition) is 1. The Bertz CT molecular complexity index is 477. The smallest absolute Gasteiger partial charge is 0.266 e. The number of aromatic amines is 1. The van der Waals surface area contributed by atoms with Crippen molar-refractivity contribution in [3.8, 4) is 11.3 Å². The SMILES string of the molecule is O=c1[nH]snc1-c1cccc(Cl)c1. The predicted octanol–water partition coefficient (Wildman–Crippen LogP) is 2.15. The zero-order valence-electron chi connectivity index (χ0n) is 6.45. The van der Waals surface area contributed by atoms with Crippen LogP contribution in [0, 0.1) is 0 Å². The van der Waals surface area contributed by atoms with Gasteiger partial charge in [0.15, 0.2) is 5.69 Å². The third kappa shape index (κ3) is 1.64. The summed E-state index contributed by atoms with van der Waals surface area (Å²) in [4.78, 5) is 11.2. The highest BCUT2D eigenvalue weighted by Crippen LogP contribution is 2.18. The molecule has 1 heterocycles. The minimum atomic E-state index is -0.174. The third-order valence-electron chi connectivity index (χ3n) is 1.59. The van der Waals surface area contributed by atoms with Crippen LogP contribution in [-0.4, -0.2) is 8.75 Å². The first-order valence-electron chi connectivity index (χ1n) is 3.57. The molecule has 2 rings (SSSR count). The minimum Gasteiger partial charge on any atom is -0.266 e. The van der Waals surface area contributed by atoms with Crippen molar-refractivity contribution in [1.29, 1.82) is 0 Å². The molecule has 0 saturated heterocycles. The lowest BCUT2D eigenvalue weighted by Gasteiger charge is -1.94. The van der Waals surface area contributed by atoms with Crippen molar-refractivity contribution < 1.29 is 0 Å². The van der Waals surface area contributed by atoms with E-state index in [-0.39, 0.29) is 5.56 Å². The molecule has 0 unspecified atom stereocenters. The van der Waals surface area contributed by atoms with Crippen LogP contribution in [0.25, 0.3) is 11.3 Å². The highest BCUT2D eigenvalue weighted by Gasteiger charge is 2.05. The van der Waals surface area contributed by atoms with E-state index in [9.17, 15) is 4.79 Å². The molecule has 3 nitrogen and oxygen atoms in total. The Morgan fingerprint density at radius 3 is 2.92 bits per heavy atom. The van der Waals surface area contributed by atoms with E-state index in [1.165, 1.54) is 0 Å². The van der Waals surface area contributed by atoms with Crippen LogP contribution >= 0.6 is 23.3 Å². The summed E-state index contributed by atoms with van der Waals surface area (Å²) in [6, 6.07) is 7.06. The van der Waals surface area contributed by atoms with Gasteiger partial charge < -0.3 is 0 Å². The molecule has 5 heteroatoms. The summed E-state index contributed by atoms with van der Waals surface area (Å²) < 4.78 is 6.46. The molecule has 0 fully saturated rings. The first kappa shape index (κ1) is 8.47. The summed E-state index contributed by atoms with van der Waals surface area (Å²) >= 11 is 6.81. The van der Waals surface area contributed by atoms with Gasteiger partial charge in [0, 0.05) is 22.3 Å². The monoisotopic (exact) mass is 212 g/mol. The summed E-state index contributed by atoms with van der Waals surface area (Å²) in [6.07, 6.45) is 0. The standard InChI is InChI=1S/C8H5ClN2OS/c9-6-3-1-2-5(4-6)7-8(12)11-13-10-7/h1-4H,(H,11,12). The van der Waals surface area contributed by atoms with Crippen molar-refractivity contribution in [1.82, 2.24) is 8.75 Å². The highest BCUT2D eigenvalue weighted by molar-refractivity contribution is 6.99. The maximum absolute atomic E-state index is 11.2. The van der Waals surface area contributed by atoms with Crippen molar-refractivity contribution in [2.24, 2.45) is 0 Å². The van der Waals surface area contributed by atoms with Crippen LogP contribution in [0.3, 0.4) is 0 Å². The average molecular weight is 213 g/mol. The summed E-state index contributed by atoms with van der Waals surface area (Å²) in [5, 5.41) is 0.602. The Balaban J connectivity index is 2.59. The molecule has 0 aliphatic carbocycles. The quantitative estimate of drug-likeness (QED) is 0.788. The van der Waals surface area contributed by atoms with Crippen LogP contribution in [0.5, 0.6) is 0 Å². The zero-order valence-corrected chi connectivity index (χ0v) is 8.02. The summed E-state index contributed by atoms with van der Waals surface area (Å²) in [7, 11) is 0. The van der Waals surface area contributed by atoms with Crippen LogP contribution in [0.2, 0.25) is 5.02 Å². The number of aromatic nitrogens is 2. The van der Waals surface area contributed by atoms with Crippen molar-refractivity contribution >= 4 is 23.3 Å². The van der Waals surface area contributed by atoms with Crippen LogP contribution in [0.1, 0.15) is 0 Å². The van der Waals surface area contributed by atoms with E-state index >= 15 is 0 Å². The maximum atomic E-state index is 11.2. The molecule has 0 aliphatic rings. The number of rotatable bonds is 1. The first-order valence-corrected chi connectivity index (χ1v) is 4.73. The van der Waals surface area contributed by atoms with E-state index in [0.717, 1.165) is 17.3 Å². The molecule has 1 aromatic carbocycles. The number of H-pyrrole nitrogens is 1. The van der Waals surface area contributed by atoms with Gasteiger partial charge in [-0.15, -0.1) is 0 Å². The minimum absolute atomic E-state index is 0.174. The molecular weight excluding hydrogens is 208 g/mol. The lowest BCUT2D eigenvalue weighted by atomic mass is 10.2. The normalized spacial score (nSPS) is 10.2. The zero-order chi connectivity index (χ0) is 9.26. The van der Waals surface area contributed by atoms with E-state index in [1.807, 2.05) is 0 Å². The van der Waals surface area contributed by atoms with Gasteiger partial charge in [-0.2, -0.15) is 4.37 Å². The summed E-state index contributed by atoms with van der Waals surface area (Å²) in [5.74, 6) is 0. The fraction of sp³-hybridized carbons (Fsp3) is 0. The second-order valence-corrected chi connectivity index (χ2v) is 3.48. The fourth-order valence-electron chi connectivity index (χ4n) is 1.02. The van der Waals surface area contributed by atoms with E-state index in [2.05, 4.69) is 8.75 Å². The molecule has 0 radical (unpaired) electrons. The van der Waals surface area contributed by atoms with E-state index in [0.29, 0.717) is 10.7 Å². The van der Waals surface area contributed by atoms with Gasteiger partial charge in [-0.25, -0.2) is 0 Å². The largest absolute Gasteiger partial charge is 0.285 e.